The van der Waals surface area contributed by atoms with Gasteiger partial charge < -0.3 is 10.7 Å². The van der Waals surface area contributed by atoms with Gasteiger partial charge in [-0.1, -0.05) is 44.5 Å². The second-order valence-electron chi connectivity index (χ2n) is 3.19. The van der Waals surface area contributed by atoms with E-state index in [1.54, 1.807) is 0 Å². The lowest BCUT2D eigenvalue weighted by atomic mass is 10.0. The van der Waals surface area contributed by atoms with Gasteiger partial charge in [0.15, 0.2) is 0 Å². The van der Waals surface area contributed by atoms with E-state index in [4.69, 9.17) is 17.0 Å². The predicted octanol–water partition coefficient (Wildman–Crippen LogP) is 3.78. The van der Waals surface area contributed by atoms with Gasteiger partial charge in [0.1, 0.15) is 0 Å². The molecule has 0 aliphatic rings. The average molecular weight is 241 g/mol. The van der Waals surface area contributed by atoms with E-state index in [9.17, 15) is 0 Å². The molecule has 1 rings (SSSR count). The van der Waals surface area contributed by atoms with Gasteiger partial charge in [-0.15, -0.1) is 0 Å². The first-order valence-corrected chi connectivity index (χ1v) is 6.07. The van der Waals surface area contributed by atoms with Crippen molar-refractivity contribution in [2.75, 3.05) is 6.54 Å². The molecule has 0 saturated carbocycles. The second-order valence-corrected chi connectivity index (χ2v) is 3.57. The molecule has 1 aromatic carbocycles. The van der Waals surface area contributed by atoms with Crippen molar-refractivity contribution in [2.24, 2.45) is 0 Å². The first-order valence-electron chi connectivity index (χ1n) is 5.69. The molecule has 0 unspecified atom stereocenters. The molecular weight excluding hydrogens is 220 g/mol. The van der Waals surface area contributed by atoms with Crippen LogP contribution in [0.3, 0.4) is 0 Å². The molecule has 0 fully saturated rings. The van der Waals surface area contributed by atoms with E-state index < -0.39 is 0 Å². The lowest BCUT2D eigenvalue weighted by molar-refractivity contribution is 0.726. The summed E-state index contributed by atoms with van der Waals surface area (Å²) in [5, 5.41) is 11.3. The summed E-state index contributed by atoms with van der Waals surface area (Å²) in [6.45, 7) is 9.66. The zero-order valence-corrected chi connectivity index (χ0v) is 11.3. The fourth-order valence-corrected chi connectivity index (χ4v) is 1.56. The monoisotopic (exact) mass is 240 g/mol. The lowest BCUT2D eigenvalue weighted by Gasteiger charge is -2.10. The molecule has 1 aromatic rings. The lowest BCUT2D eigenvalue weighted by Crippen LogP contribution is -2.14. The Hall–Kier alpha value is -0.860. The molecule has 0 spiro atoms. The van der Waals surface area contributed by atoms with Gasteiger partial charge in [0.25, 0.3) is 0 Å². The fraction of sp³-hybridized carbons (Fsp3) is 0.462. The summed E-state index contributed by atoms with van der Waals surface area (Å²) in [6.07, 6.45) is 1.35. The molecule has 3 heteroatoms. The highest BCUT2D eigenvalue weighted by Gasteiger charge is 2.07. The van der Waals surface area contributed by atoms with Crippen LogP contribution in [0.25, 0.3) is 0 Å². The van der Waals surface area contributed by atoms with Crippen LogP contribution in [-0.2, 0) is 6.54 Å². The number of rotatable bonds is 4. The van der Waals surface area contributed by atoms with Gasteiger partial charge in [-0.05, 0) is 30.2 Å². The van der Waals surface area contributed by atoms with Crippen LogP contribution in [0.4, 0.5) is 0 Å². The van der Waals surface area contributed by atoms with Crippen molar-refractivity contribution in [3.05, 3.63) is 33.8 Å². The van der Waals surface area contributed by atoms with Crippen LogP contribution in [-0.4, -0.2) is 12.8 Å². The number of nitrogens with one attached hydrogen (secondary N) is 2. The van der Waals surface area contributed by atoms with Crippen LogP contribution in [0, 0.1) is 12.3 Å². The molecule has 2 N–H and O–H groups in total. The Morgan fingerprint density at radius 2 is 2.00 bits per heavy atom. The molecule has 0 aromatic heterocycles. The maximum absolute atomic E-state index is 7.28. The van der Waals surface area contributed by atoms with Gasteiger partial charge in [-0.3, -0.25) is 0 Å². The van der Waals surface area contributed by atoms with Gasteiger partial charge in [0, 0.05) is 17.8 Å². The van der Waals surface area contributed by atoms with Crippen LogP contribution in [0.1, 0.15) is 37.5 Å². The van der Waals surface area contributed by atoms with Gasteiger partial charge in [-0.2, -0.15) is 0 Å². The smallest absolute Gasteiger partial charge is 0.0486 e. The van der Waals surface area contributed by atoms with Crippen LogP contribution in [0.2, 0.25) is 5.02 Å². The van der Waals surface area contributed by atoms with E-state index in [2.05, 4.69) is 5.32 Å². The maximum atomic E-state index is 7.28. The van der Waals surface area contributed by atoms with Crippen molar-refractivity contribution in [3.8, 4) is 0 Å². The summed E-state index contributed by atoms with van der Waals surface area (Å²) >= 11 is 6.17. The van der Waals surface area contributed by atoms with Crippen molar-refractivity contribution < 1.29 is 0 Å². The van der Waals surface area contributed by atoms with E-state index in [1.807, 2.05) is 39.8 Å². The van der Waals surface area contributed by atoms with Crippen LogP contribution < -0.4 is 5.32 Å². The van der Waals surface area contributed by atoms with Gasteiger partial charge in [0.05, 0.1) is 0 Å². The number of hydrogen-bond acceptors (Lipinski definition) is 2. The molecular formula is C13H21ClN2. The third-order valence-electron chi connectivity index (χ3n) is 2.18. The summed E-state index contributed by atoms with van der Waals surface area (Å²) in [6, 6.07) is 3.87. The largest absolute Gasteiger partial charge is 0.313 e. The van der Waals surface area contributed by atoms with E-state index >= 15 is 0 Å². The summed E-state index contributed by atoms with van der Waals surface area (Å²) in [4.78, 5) is 0. The van der Waals surface area contributed by atoms with Crippen molar-refractivity contribution in [1.82, 2.24) is 5.32 Å². The molecule has 0 radical (unpaired) electrons. The van der Waals surface area contributed by atoms with Crippen LogP contribution in [0.5, 0.6) is 0 Å². The Bertz CT molecular complexity index is 335. The third-order valence-corrected chi connectivity index (χ3v) is 2.71. The summed E-state index contributed by atoms with van der Waals surface area (Å²) in [5.74, 6) is 0. The molecule has 0 saturated heterocycles. The third kappa shape index (κ3) is 3.95. The van der Waals surface area contributed by atoms with E-state index in [1.165, 1.54) is 6.21 Å². The Morgan fingerprint density at radius 3 is 2.50 bits per heavy atom. The second kappa shape index (κ2) is 8.31. The molecule has 0 aliphatic heterocycles. The zero-order chi connectivity index (χ0) is 12.6. The van der Waals surface area contributed by atoms with Gasteiger partial charge in [-0.25, -0.2) is 0 Å². The Morgan fingerprint density at radius 1 is 1.38 bits per heavy atom. The fourth-order valence-electron chi connectivity index (χ4n) is 1.32. The van der Waals surface area contributed by atoms with Crippen molar-refractivity contribution >= 4 is 17.8 Å². The Balaban J connectivity index is 0.00000106. The van der Waals surface area contributed by atoms with Crippen molar-refractivity contribution in [1.29, 1.82) is 5.41 Å². The van der Waals surface area contributed by atoms with Gasteiger partial charge in [0.2, 0.25) is 0 Å². The van der Waals surface area contributed by atoms with Crippen molar-refractivity contribution in [3.63, 3.8) is 0 Å². The SMILES string of the molecule is CC.CCNCc1c(C=N)ccc(C)c1Cl. The highest BCUT2D eigenvalue weighted by molar-refractivity contribution is 6.32. The summed E-state index contributed by atoms with van der Waals surface area (Å²) in [7, 11) is 0. The van der Waals surface area contributed by atoms with Crippen LogP contribution >= 0.6 is 11.6 Å². The van der Waals surface area contributed by atoms with Crippen LogP contribution in [0.15, 0.2) is 12.1 Å². The molecule has 0 amide bonds. The molecule has 90 valence electrons. The van der Waals surface area contributed by atoms with Gasteiger partial charge >= 0.3 is 0 Å². The highest BCUT2D eigenvalue weighted by atomic mass is 35.5. The summed E-state index contributed by atoms with van der Waals surface area (Å²) in [5.41, 5.74) is 2.97. The van der Waals surface area contributed by atoms with E-state index in [0.717, 1.165) is 34.8 Å². The van der Waals surface area contributed by atoms with Crippen molar-refractivity contribution in [2.45, 2.75) is 34.2 Å². The quantitative estimate of drug-likeness (QED) is 0.772. The normalized spacial score (nSPS) is 9.31. The van der Waals surface area contributed by atoms with E-state index in [-0.39, 0.29) is 0 Å². The minimum atomic E-state index is 0.724. The average Bonchev–Trinajstić information content (AvgIpc) is 2.33. The molecule has 0 bridgehead atoms. The molecule has 16 heavy (non-hydrogen) atoms. The predicted molar refractivity (Wildman–Crippen MR) is 72.8 cm³/mol. The Kier molecular flexibility index (Phi) is 7.86. The Labute approximate surface area is 104 Å². The first-order chi connectivity index (χ1) is 7.70. The maximum Gasteiger partial charge on any atom is 0.0486 e. The number of benzene rings is 1. The highest BCUT2D eigenvalue weighted by Crippen LogP contribution is 2.23. The molecule has 0 aliphatic carbocycles. The minimum Gasteiger partial charge on any atom is -0.313 e. The number of halogens is 1. The molecule has 0 heterocycles. The van der Waals surface area contributed by atoms with E-state index in [0.29, 0.717) is 0 Å². The standard InChI is InChI=1S/C11H15ClN2.C2H6/c1-3-14-7-10-9(6-13)5-4-8(2)11(10)12;1-2/h4-6,13-14H,3,7H2,1-2H3;1-2H3. The topological polar surface area (TPSA) is 35.9 Å². The first kappa shape index (κ1) is 15.1. The minimum absolute atomic E-state index is 0.724. The number of aryl methyl sites for hydroxylation is 1. The number of hydrogen-bond donors (Lipinski definition) is 2. The summed E-state index contributed by atoms with van der Waals surface area (Å²) < 4.78 is 0. The zero-order valence-electron chi connectivity index (χ0n) is 10.5. The molecule has 0 atom stereocenters. The molecule has 2 nitrogen and oxygen atoms in total.